The summed E-state index contributed by atoms with van der Waals surface area (Å²) in [4.78, 5) is 17.8. The second-order valence-corrected chi connectivity index (χ2v) is 4.30. The molecule has 2 rings (SSSR count). The Morgan fingerprint density at radius 1 is 1.44 bits per heavy atom. The van der Waals surface area contributed by atoms with Crippen LogP contribution >= 0.6 is 11.8 Å². The Kier molecular flexibility index (Phi) is 3.46. The average molecular weight is 235 g/mol. The lowest BCUT2D eigenvalue weighted by atomic mass is 10.3. The van der Waals surface area contributed by atoms with Crippen molar-refractivity contribution < 1.29 is 4.79 Å². The van der Waals surface area contributed by atoms with E-state index in [1.54, 1.807) is 23.7 Å². The van der Waals surface area contributed by atoms with Crippen molar-refractivity contribution in [2.24, 2.45) is 4.99 Å². The number of amidine groups is 1. The summed E-state index contributed by atoms with van der Waals surface area (Å²) in [6.07, 6.45) is 0. The van der Waals surface area contributed by atoms with Crippen molar-refractivity contribution in [2.45, 2.75) is 0 Å². The molecule has 0 saturated heterocycles. The van der Waals surface area contributed by atoms with E-state index in [0.29, 0.717) is 0 Å². The van der Waals surface area contributed by atoms with Crippen LogP contribution < -0.4 is 10.2 Å². The topological polar surface area (TPSA) is 44.7 Å². The van der Waals surface area contributed by atoms with Crippen LogP contribution in [0.1, 0.15) is 0 Å². The SMILES string of the molecule is CNC(=O)N(C1=NCCS1)c1ccccc1. The number of hydrogen-bond donors (Lipinski definition) is 1. The van der Waals surface area contributed by atoms with Crippen molar-refractivity contribution in [3.05, 3.63) is 30.3 Å². The van der Waals surface area contributed by atoms with E-state index in [1.807, 2.05) is 30.3 Å². The maximum absolute atomic E-state index is 11.8. The molecule has 16 heavy (non-hydrogen) atoms. The maximum Gasteiger partial charge on any atom is 0.327 e. The number of benzene rings is 1. The lowest BCUT2D eigenvalue weighted by molar-refractivity contribution is 0.251. The van der Waals surface area contributed by atoms with Gasteiger partial charge in [-0.15, -0.1) is 0 Å². The van der Waals surface area contributed by atoms with Crippen LogP contribution in [-0.2, 0) is 0 Å². The molecule has 1 N–H and O–H groups in total. The number of amides is 2. The van der Waals surface area contributed by atoms with Gasteiger partial charge in [0.2, 0.25) is 0 Å². The van der Waals surface area contributed by atoms with Crippen LogP contribution in [0.15, 0.2) is 35.3 Å². The highest BCUT2D eigenvalue weighted by atomic mass is 32.2. The summed E-state index contributed by atoms with van der Waals surface area (Å²) in [5.74, 6) is 0.940. The van der Waals surface area contributed by atoms with E-state index in [2.05, 4.69) is 10.3 Å². The number of aliphatic imine (C=N–C) groups is 1. The third-order valence-electron chi connectivity index (χ3n) is 2.19. The van der Waals surface area contributed by atoms with Crippen LogP contribution in [0.3, 0.4) is 0 Å². The lowest BCUT2D eigenvalue weighted by Gasteiger charge is -2.21. The predicted octanol–water partition coefficient (Wildman–Crippen LogP) is 1.94. The summed E-state index contributed by atoms with van der Waals surface area (Å²) in [6, 6.07) is 9.39. The first-order valence-corrected chi connectivity index (χ1v) is 6.05. The minimum Gasteiger partial charge on any atom is -0.340 e. The van der Waals surface area contributed by atoms with Crippen LogP contribution in [0.2, 0.25) is 0 Å². The molecule has 0 spiro atoms. The summed E-state index contributed by atoms with van der Waals surface area (Å²) in [5, 5.41) is 3.40. The van der Waals surface area contributed by atoms with E-state index < -0.39 is 0 Å². The van der Waals surface area contributed by atoms with Crippen molar-refractivity contribution in [1.82, 2.24) is 5.32 Å². The number of anilines is 1. The molecule has 0 fully saturated rings. The molecule has 0 aromatic heterocycles. The first kappa shape index (κ1) is 11.0. The number of carbonyl (C=O) groups excluding carboxylic acids is 1. The average Bonchev–Trinajstić information content (AvgIpc) is 2.84. The molecule has 1 aliphatic rings. The van der Waals surface area contributed by atoms with Gasteiger partial charge >= 0.3 is 6.03 Å². The summed E-state index contributed by atoms with van der Waals surface area (Å²) >= 11 is 1.60. The second kappa shape index (κ2) is 5.03. The van der Waals surface area contributed by atoms with Crippen LogP contribution in [0.5, 0.6) is 0 Å². The Morgan fingerprint density at radius 2 is 2.19 bits per heavy atom. The molecule has 84 valence electrons. The summed E-state index contributed by atoms with van der Waals surface area (Å²) in [6.45, 7) is 0.778. The molecule has 0 unspecified atom stereocenters. The van der Waals surface area contributed by atoms with E-state index in [4.69, 9.17) is 0 Å². The van der Waals surface area contributed by atoms with Crippen molar-refractivity contribution in [1.29, 1.82) is 0 Å². The summed E-state index contributed by atoms with van der Waals surface area (Å²) in [7, 11) is 1.62. The summed E-state index contributed by atoms with van der Waals surface area (Å²) in [5.41, 5.74) is 0.843. The van der Waals surface area contributed by atoms with Crippen LogP contribution in [-0.4, -0.2) is 30.5 Å². The highest BCUT2D eigenvalue weighted by Gasteiger charge is 2.22. The van der Waals surface area contributed by atoms with Crippen molar-refractivity contribution in [3.8, 4) is 0 Å². The van der Waals surface area contributed by atoms with Crippen molar-refractivity contribution in [3.63, 3.8) is 0 Å². The molecule has 0 radical (unpaired) electrons. The van der Waals surface area contributed by atoms with Gasteiger partial charge in [0.15, 0.2) is 5.17 Å². The third-order valence-corrected chi connectivity index (χ3v) is 3.15. The van der Waals surface area contributed by atoms with Gasteiger partial charge in [-0.05, 0) is 12.1 Å². The molecule has 1 aromatic rings. The number of rotatable bonds is 1. The zero-order valence-electron chi connectivity index (χ0n) is 9.01. The van der Waals surface area contributed by atoms with Gasteiger partial charge < -0.3 is 5.32 Å². The number of carbonyl (C=O) groups is 1. The van der Waals surface area contributed by atoms with Gasteiger partial charge in [-0.1, -0.05) is 30.0 Å². The number of nitrogens with zero attached hydrogens (tertiary/aromatic N) is 2. The molecule has 2 amide bonds. The van der Waals surface area contributed by atoms with Crippen molar-refractivity contribution >= 4 is 28.6 Å². The normalized spacial score (nSPS) is 14.4. The monoisotopic (exact) mass is 235 g/mol. The standard InChI is InChI=1S/C11H13N3OS/c1-12-10(15)14(11-13-7-8-16-11)9-5-3-2-4-6-9/h2-6H,7-8H2,1H3,(H,12,15). The van der Waals surface area contributed by atoms with E-state index >= 15 is 0 Å². The minimum absolute atomic E-state index is 0.153. The highest BCUT2D eigenvalue weighted by Crippen LogP contribution is 2.22. The first-order chi connectivity index (χ1) is 7.83. The van der Waals surface area contributed by atoms with Crippen molar-refractivity contribution in [2.75, 3.05) is 24.2 Å². The maximum atomic E-state index is 11.8. The molecule has 1 aliphatic heterocycles. The first-order valence-electron chi connectivity index (χ1n) is 5.07. The minimum atomic E-state index is -0.153. The van der Waals surface area contributed by atoms with Crippen LogP contribution in [0, 0.1) is 0 Å². The molecule has 1 heterocycles. The Labute approximate surface area is 98.7 Å². The molecule has 4 nitrogen and oxygen atoms in total. The fourth-order valence-electron chi connectivity index (χ4n) is 1.46. The molecular weight excluding hydrogens is 222 g/mol. The quantitative estimate of drug-likeness (QED) is 0.808. The van der Waals surface area contributed by atoms with Gasteiger partial charge in [-0.2, -0.15) is 0 Å². The van der Waals surface area contributed by atoms with E-state index in [1.165, 1.54) is 0 Å². The highest BCUT2D eigenvalue weighted by molar-refractivity contribution is 8.14. The Bertz CT molecular complexity index is 405. The Hall–Kier alpha value is -1.49. The third kappa shape index (κ3) is 2.19. The second-order valence-electron chi connectivity index (χ2n) is 3.24. The molecule has 0 aliphatic carbocycles. The Balaban J connectivity index is 2.31. The number of hydrogen-bond acceptors (Lipinski definition) is 3. The molecule has 0 saturated carbocycles. The molecule has 0 bridgehead atoms. The van der Waals surface area contributed by atoms with Crippen LogP contribution in [0.25, 0.3) is 0 Å². The van der Waals surface area contributed by atoms with E-state index in [9.17, 15) is 4.79 Å². The molecular formula is C11H13N3OS. The zero-order valence-corrected chi connectivity index (χ0v) is 9.83. The molecule has 1 aromatic carbocycles. The van der Waals surface area contributed by atoms with Gasteiger partial charge in [0.05, 0.1) is 12.2 Å². The van der Waals surface area contributed by atoms with Gasteiger partial charge in [0.25, 0.3) is 0 Å². The van der Waals surface area contributed by atoms with E-state index in [-0.39, 0.29) is 6.03 Å². The number of nitrogens with one attached hydrogen (secondary N) is 1. The van der Waals surface area contributed by atoms with Gasteiger partial charge in [0, 0.05) is 12.8 Å². The molecule has 0 atom stereocenters. The number of thioether (sulfide) groups is 1. The zero-order chi connectivity index (χ0) is 11.4. The fraction of sp³-hybridized carbons (Fsp3) is 0.273. The molecule has 5 heteroatoms. The smallest absolute Gasteiger partial charge is 0.327 e. The van der Waals surface area contributed by atoms with Gasteiger partial charge in [0.1, 0.15) is 0 Å². The lowest BCUT2D eigenvalue weighted by Crippen LogP contribution is -2.40. The Morgan fingerprint density at radius 3 is 2.75 bits per heavy atom. The fourth-order valence-corrected chi connectivity index (χ4v) is 2.33. The van der Waals surface area contributed by atoms with Gasteiger partial charge in [-0.3, -0.25) is 4.99 Å². The summed E-state index contributed by atoms with van der Waals surface area (Å²) < 4.78 is 0. The largest absolute Gasteiger partial charge is 0.340 e. The number of urea groups is 1. The van der Waals surface area contributed by atoms with Gasteiger partial charge in [-0.25, -0.2) is 9.69 Å². The predicted molar refractivity (Wildman–Crippen MR) is 68.1 cm³/mol. The number of para-hydroxylation sites is 1. The van der Waals surface area contributed by atoms with Crippen LogP contribution in [0.4, 0.5) is 10.5 Å². The van der Waals surface area contributed by atoms with E-state index in [0.717, 1.165) is 23.2 Å².